The molecule has 3 aromatic carbocycles. The number of hydrogen-bond donors (Lipinski definition) is 1. The lowest BCUT2D eigenvalue weighted by atomic mass is 10.1. The molecule has 0 saturated heterocycles. The number of fused-ring (bicyclic) bond motifs is 1. The zero-order valence-corrected chi connectivity index (χ0v) is 15.2. The van der Waals surface area contributed by atoms with Gasteiger partial charge in [0.25, 0.3) is 5.91 Å². The van der Waals surface area contributed by atoms with Crippen LogP contribution in [0.1, 0.15) is 6.92 Å². The lowest BCUT2D eigenvalue weighted by Crippen LogP contribution is -2.24. The van der Waals surface area contributed by atoms with E-state index < -0.39 is 5.97 Å². The highest BCUT2D eigenvalue weighted by molar-refractivity contribution is 8.00. The van der Waals surface area contributed by atoms with E-state index in [1.54, 1.807) is 6.92 Å². The first kappa shape index (κ1) is 18.0. The predicted molar refractivity (Wildman–Crippen MR) is 105 cm³/mol. The molecule has 0 unspecified atom stereocenters. The van der Waals surface area contributed by atoms with E-state index in [1.165, 1.54) is 11.8 Å². The minimum atomic E-state index is -0.410. The fraction of sp³-hybridized carbons (Fsp3) is 0.143. The zero-order valence-electron chi connectivity index (χ0n) is 14.3. The molecule has 0 aliphatic carbocycles. The van der Waals surface area contributed by atoms with Crippen LogP contribution in [-0.2, 0) is 14.3 Å². The lowest BCUT2D eigenvalue weighted by Gasteiger charge is -2.12. The van der Waals surface area contributed by atoms with E-state index in [2.05, 4.69) is 5.32 Å². The number of esters is 1. The van der Waals surface area contributed by atoms with Crippen molar-refractivity contribution in [3.63, 3.8) is 0 Å². The standard InChI is InChI=1S/C21H19NO3S/c1-15(26-17-10-3-2-4-11-17)21(24)25-14-20(23)22-19-13-7-9-16-8-5-6-12-18(16)19/h2-13,15H,14H2,1H3,(H,22,23)/t15-/m1/s1. The maximum atomic E-state index is 12.1. The first-order chi connectivity index (χ1) is 12.6. The van der Waals surface area contributed by atoms with E-state index in [-0.39, 0.29) is 17.8 Å². The smallest absolute Gasteiger partial charge is 0.319 e. The summed E-state index contributed by atoms with van der Waals surface area (Å²) in [6.07, 6.45) is 0. The van der Waals surface area contributed by atoms with E-state index in [9.17, 15) is 9.59 Å². The van der Waals surface area contributed by atoms with Crippen LogP contribution < -0.4 is 5.32 Å². The van der Waals surface area contributed by atoms with Gasteiger partial charge in [-0.1, -0.05) is 54.6 Å². The van der Waals surface area contributed by atoms with Gasteiger partial charge in [-0.2, -0.15) is 0 Å². The number of rotatable bonds is 6. The molecule has 1 amide bonds. The molecule has 0 radical (unpaired) electrons. The zero-order chi connectivity index (χ0) is 18.4. The normalized spacial score (nSPS) is 11.7. The molecule has 0 aliphatic heterocycles. The molecule has 5 heteroatoms. The number of anilines is 1. The summed E-state index contributed by atoms with van der Waals surface area (Å²) in [5, 5.41) is 4.40. The SMILES string of the molecule is C[C@@H](Sc1ccccc1)C(=O)OCC(=O)Nc1cccc2ccccc12. The van der Waals surface area contributed by atoms with E-state index in [0.717, 1.165) is 15.7 Å². The Morgan fingerprint density at radius 2 is 1.65 bits per heavy atom. The highest BCUT2D eigenvalue weighted by Crippen LogP contribution is 2.24. The summed E-state index contributed by atoms with van der Waals surface area (Å²) in [6, 6.07) is 23.1. The second-order valence-corrected chi connectivity index (χ2v) is 7.17. The van der Waals surface area contributed by atoms with Crippen LogP contribution in [0.15, 0.2) is 77.7 Å². The average Bonchev–Trinajstić information content (AvgIpc) is 2.67. The summed E-state index contributed by atoms with van der Waals surface area (Å²) < 4.78 is 5.15. The van der Waals surface area contributed by atoms with Crippen molar-refractivity contribution in [3.8, 4) is 0 Å². The van der Waals surface area contributed by atoms with Gasteiger partial charge in [-0.05, 0) is 30.5 Å². The predicted octanol–water partition coefficient (Wildman–Crippen LogP) is 4.50. The number of amides is 1. The molecule has 0 fully saturated rings. The van der Waals surface area contributed by atoms with Crippen molar-refractivity contribution in [2.24, 2.45) is 0 Å². The van der Waals surface area contributed by atoms with Gasteiger partial charge < -0.3 is 10.1 Å². The van der Waals surface area contributed by atoms with Crippen molar-refractivity contribution < 1.29 is 14.3 Å². The molecule has 1 atom stereocenters. The van der Waals surface area contributed by atoms with Gasteiger partial charge in [0.2, 0.25) is 0 Å². The number of hydrogen-bond acceptors (Lipinski definition) is 4. The Morgan fingerprint density at radius 3 is 2.46 bits per heavy atom. The van der Waals surface area contributed by atoms with Crippen LogP contribution in [0.4, 0.5) is 5.69 Å². The number of benzene rings is 3. The van der Waals surface area contributed by atoms with Gasteiger partial charge >= 0.3 is 5.97 Å². The van der Waals surface area contributed by atoms with Gasteiger partial charge in [0, 0.05) is 16.0 Å². The van der Waals surface area contributed by atoms with E-state index in [0.29, 0.717) is 5.69 Å². The van der Waals surface area contributed by atoms with Crippen LogP contribution in [0.3, 0.4) is 0 Å². The van der Waals surface area contributed by atoms with Gasteiger partial charge in [0.05, 0.1) is 0 Å². The topological polar surface area (TPSA) is 55.4 Å². The van der Waals surface area contributed by atoms with E-state index in [4.69, 9.17) is 4.74 Å². The number of carbonyl (C=O) groups is 2. The number of nitrogens with one attached hydrogen (secondary N) is 1. The quantitative estimate of drug-likeness (QED) is 0.516. The Kier molecular flexibility index (Phi) is 5.92. The summed E-state index contributed by atoms with van der Waals surface area (Å²) in [4.78, 5) is 25.2. The fourth-order valence-corrected chi connectivity index (χ4v) is 3.41. The first-order valence-electron chi connectivity index (χ1n) is 8.29. The minimum absolute atomic E-state index is 0.304. The molecule has 0 aliphatic rings. The van der Waals surface area contributed by atoms with E-state index >= 15 is 0 Å². The number of ether oxygens (including phenoxy) is 1. The number of carbonyl (C=O) groups excluding carboxylic acids is 2. The van der Waals surface area contributed by atoms with Crippen molar-refractivity contribution in [2.75, 3.05) is 11.9 Å². The van der Waals surface area contributed by atoms with Gasteiger partial charge in [0.1, 0.15) is 5.25 Å². The summed E-state index contributed by atoms with van der Waals surface area (Å²) >= 11 is 1.40. The Balaban J connectivity index is 1.54. The van der Waals surface area contributed by atoms with Crippen LogP contribution in [-0.4, -0.2) is 23.7 Å². The summed E-state index contributed by atoms with van der Waals surface area (Å²) in [5.74, 6) is -0.765. The molecule has 0 bridgehead atoms. The Labute approximate surface area is 156 Å². The highest BCUT2D eigenvalue weighted by Gasteiger charge is 2.17. The second kappa shape index (κ2) is 8.54. The third-order valence-corrected chi connectivity index (χ3v) is 4.89. The third kappa shape index (κ3) is 4.64. The molecular weight excluding hydrogens is 346 g/mol. The van der Waals surface area contributed by atoms with Gasteiger partial charge in [-0.3, -0.25) is 9.59 Å². The van der Waals surface area contributed by atoms with Crippen LogP contribution in [0.25, 0.3) is 10.8 Å². The van der Waals surface area contributed by atoms with Crippen LogP contribution in [0, 0.1) is 0 Å². The molecule has 0 heterocycles. The van der Waals surface area contributed by atoms with Crippen LogP contribution in [0.5, 0.6) is 0 Å². The van der Waals surface area contributed by atoms with Crippen molar-refractivity contribution in [1.82, 2.24) is 0 Å². The second-order valence-electron chi connectivity index (χ2n) is 5.76. The van der Waals surface area contributed by atoms with Crippen molar-refractivity contribution in [1.29, 1.82) is 0 Å². The van der Waals surface area contributed by atoms with Gasteiger partial charge in [-0.25, -0.2) is 0 Å². The Morgan fingerprint density at radius 1 is 0.962 bits per heavy atom. The average molecular weight is 365 g/mol. The molecule has 132 valence electrons. The summed E-state index contributed by atoms with van der Waals surface area (Å²) in [6.45, 7) is 1.46. The summed E-state index contributed by atoms with van der Waals surface area (Å²) in [5.41, 5.74) is 0.704. The van der Waals surface area contributed by atoms with Gasteiger partial charge in [-0.15, -0.1) is 11.8 Å². The fourth-order valence-electron chi connectivity index (χ4n) is 2.53. The Bertz CT molecular complexity index is 906. The summed E-state index contributed by atoms with van der Waals surface area (Å²) in [7, 11) is 0. The molecule has 26 heavy (non-hydrogen) atoms. The molecule has 3 rings (SSSR count). The molecule has 4 nitrogen and oxygen atoms in total. The molecule has 1 N–H and O–H groups in total. The van der Waals surface area contributed by atoms with Crippen molar-refractivity contribution in [3.05, 3.63) is 72.8 Å². The van der Waals surface area contributed by atoms with Crippen molar-refractivity contribution >= 4 is 40.1 Å². The van der Waals surface area contributed by atoms with Crippen LogP contribution >= 0.6 is 11.8 Å². The molecule has 3 aromatic rings. The number of thioether (sulfide) groups is 1. The molecular formula is C21H19NO3S. The van der Waals surface area contributed by atoms with Crippen molar-refractivity contribution in [2.45, 2.75) is 17.1 Å². The first-order valence-corrected chi connectivity index (χ1v) is 9.17. The van der Waals surface area contributed by atoms with Crippen LogP contribution in [0.2, 0.25) is 0 Å². The molecule has 0 spiro atoms. The highest BCUT2D eigenvalue weighted by atomic mass is 32.2. The largest absolute Gasteiger partial charge is 0.455 e. The molecule has 0 saturated carbocycles. The van der Waals surface area contributed by atoms with E-state index in [1.807, 2.05) is 72.8 Å². The third-order valence-electron chi connectivity index (χ3n) is 3.80. The maximum absolute atomic E-state index is 12.1. The Hall–Kier alpha value is -2.79. The maximum Gasteiger partial charge on any atom is 0.319 e. The van der Waals surface area contributed by atoms with Gasteiger partial charge in [0.15, 0.2) is 6.61 Å². The monoisotopic (exact) mass is 365 g/mol. The molecule has 0 aromatic heterocycles. The minimum Gasteiger partial charge on any atom is -0.455 e. The lowest BCUT2D eigenvalue weighted by molar-refractivity contribution is -0.146.